The summed E-state index contributed by atoms with van der Waals surface area (Å²) in [4.78, 5) is 26.8. The number of amides is 2. The van der Waals surface area contributed by atoms with E-state index in [1.807, 2.05) is 13.8 Å². The van der Waals surface area contributed by atoms with Gasteiger partial charge in [0.1, 0.15) is 11.8 Å². The lowest BCUT2D eigenvalue weighted by Gasteiger charge is -2.28. The minimum Gasteiger partial charge on any atom is -0.423 e. The van der Waals surface area contributed by atoms with Gasteiger partial charge in [-0.05, 0) is 5.92 Å². The molecule has 3 rings (SSSR count). The fraction of sp³-hybridized carbons (Fsp3) is 0.706. The molecule has 2 atom stereocenters. The molecule has 0 bridgehead atoms. The topological polar surface area (TPSA) is 101 Å². The Morgan fingerprint density at radius 1 is 1.35 bits per heavy atom. The third kappa shape index (κ3) is 3.77. The zero-order valence-electron chi connectivity index (χ0n) is 15.6. The van der Waals surface area contributed by atoms with Gasteiger partial charge in [0.2, 0.25) is 17.7 Å². The minimum absolute atomic E-state index is 0.0458. The number of rotatable bonds is 5. The summed E-state index contributed by atoms with van der Waals surface area (Å²) in [7, 11) is 1.62. The van der Waals surface area contributed by atoms with Gasteiger partial charge in [0, 0.05) is 46.4 Å². The molecular weight excluding hydrogens is 338 g/mol. The van der Waals surface area contributed by atoms with Gasteiger partial charge in [0.25, 0.3) is 5.91 Å². The van der Waals surface area contributed by atoms with Crippen molar-refractivity contribution in [3.05, 3.63) is 11.8 Å². The molecule has 2 amide bonds. The number of carbonyl (C=O) groups excluding carboxylic acids is 2. The third-order valence-electron chi connectivity index (χ3n) is 4.57. The van der Waals surface area contributed by atoms with Gasteiger partial charge in [-0.2, -0.15) is 5.10 Å². The van der Waals surface area contributed by atoms with Crippen LogP contribution in [0.1, 0.15) is 50.9 Å². The van der Waals surface area contributed by atoms with Crippen LogP contribution in [-0.4, -0.2) is 63.9 Å². The number of hydrogen-bond acceptors (Lipinski definition) is 7. The first kappa shape index (κ1) is 18.5. The fourth-order valence-corrected chi connectivity index (χ4v) is 3.28. The molecule has 1 saturated heterocycles. The zero-order valence-corrected chi connectivity index (χ0v) is 15.6. The van der Waals surface area contributed by atoms with E-state index in [1.54, 1.807) is 18.9 Å². The molecular formula is C17H25N5O4. The number of methoxy groups -OCH3 is 1. The van der Waals surface area contributed by atoms with E-state index < -0.39 is 0 Å². The molecule has 0 aliphatic carbocycles. The molecule has 0 saturated carbocycles. The van der Waals surface area contributed by atoms with Crippen molar-refractivity contribution in [2.24, 2.45) is 11.0 Å². The summed E-state index contributed by atoms with van der Waals surface area (Å²) < 4.78 is 11.0. The van der Waals surface area contributed by atoms with Gasteiger partial charge >= 0.3 is 0 Å². The van der Waals surface area contributed by atoms with Crippen LogP contribution < -0.4 is 0 Å². The predicted molar refractivity (Wildman–Crippen MR) is 92.1 cm³/mol. The molecule has 9 heteroatoms. The second-order valence-electron chi connectivity index (χ2n) is 7.14. The summed E-state index contributed by atoms with van der Waals surface area (Å²) in [5.74, 6) is 0.886. The van der Waals surface area contributed by atoms with Gasteiger partial charge in [-0.3, -0.25) is 9.59 Å². The van der Waals surface area contributed by atoms with Gasteiger partial charge in [-0.1, -0.05) is 13.8 Å². The molecule has 0 N–H and O–H groups in total. The van der Waals surface area contributed by atoms with E-state index in [9.17, 15) is 9.59 Å². The summed E-state index contributed by atoms with van der Waals surface area (Å²) in [6.45, 7) is 6.67. The minimum atomic E-state index is -0.340. The molecule has 1 aromatic rings. The maximum Gasteiger partial charge on any atom is 0.270 e. The van der Waals surface area contributed by atoms with Gasteiger partial charge in [-0.25, -0.2) is 5.01 Å². The highest BCUT2D eigenvalue weighted by Crippen LogP contribution is 2.33. The highest BCUT2D eigenvalue weighted by Gasteiger charge is 2.41. The van der Waals surface area contributed by atoms with Crippen molar-refractivity contribution in [1.82, 2.24) is 20.1 Å². The van der Waals surface area contributed by atoms with Crippen LogP contribution in [0.5, 0.6) is 0 Å². The van der Waals surface area contributed by atoms with Crippen molar-refractivity contribution in [3.8, 4) is 0 Å². The Balaban J connectivity index is 1.83. The highest BCUT2D eigenvalue weighted by molar-refractivity contribution is 6.39. The smallest absolute Gasteiger partial charge is 0.270 e. The third-order valence-corrected chi connectivity index (χ3v) is 4.57. The van der Waals surface area contributed by atoms with E-state index in [-0.39, 0.29) is 29.9 Å². The molecule has 0 unspecified atom stereocenters. The number of hydrogen-bond donors (Lipinski definition) is 0. The van der Waals surface area contributed by atoms with E-state index in [1.165, 1.54) is 5.01 Å². The molecule has 2 aliphatic heterocycles. The summed E-state index contributed by atoms with van der Waals surface area (Å²) in [5.41, 5.74) is 0.392. The number of carbonyl (C=O) groups is 2. The average molecular weight is 363 g/mol. The molecule has 0 aromatic carbocycles. The lowest BCUT2D eigenvalue weighted by molar-refractivity contribution is -0.132. The van der Waals surface area contributed by atoms with Crippen LogP contribution in [0, 0.1) is 12.8 Å². The SMILES string of the molecule is CO[C@H]1C[C@H](c2nnc(C)o2)N(C(=O)C2=NN(CC(C)C)C(=O)CC2)C1. The number of ether oxygens (including phenoxy) is 1. The van der Waals surface area contributed by atoms with Gasteiger partial charge in [0.15, 0.2) is 0 Å². The first-order valence-electron chi connectivity index (χ1n) is 8.90. The van der Waals surface area contributed by atoms with Crippen molar-refractivity contribution >= 4 is 17.5 Å². The summed E-state index contributed by atoms with van der Waals surface area (Å²) in [5, 5.41) is 13.7. The first-order chi connectivity index (χ1) is 12.4. The maximum absolute atomic E-state index is 13.1. The monoisotopic (exact) mass is 363 g/mol. The highest BCUT2D eigenvalue weighted by atomic mass is 16.5. The van der Waals surface area contributed by atoms with Crippen molar-refractivity contribution < 1.29 is 18.7 Å². The number of aromatic nitrogens is 2. The normalized spacial score (nSPS) is 23.7. The largest absolute Gasteiger partial charge is 0.423 e. The van der Waals surface area contributed by atoms with Crippen LogP contribution in [0.4, 0.5) is 0 Å². The molecule has 26 heavy (non-hydrogen) atoms. The van der Waals surface area contributed by atoms with E-state index in [2.05, 4.69) is 15.3 Å². The lowest BCUT2D eigenvalue weighted by atomic mass is 10.1. The van der Waals surface area contributed by atoms with Crippen LogP contribution in [0.25, 0.3) is 0 Å². The van der Waals surface area contributed by atoms with Gasteiger partial charge in [0.05, 0.1) is 6.10 Å². The number of hydrazone groups is 1. The van der Waals surface area contributed by atoms with Gasteiger partial charge < -0.3 is 14.1 Å². The van der Waals surface area contributed by atoms with Crippen LogP contribution in [-0.2, 0) is 14.3 Å². The first-order valence-corrected chi connectivity index (χ1v) is 8.90. The predicted octanol–water partition coefficient (Wildman–Crippen LogP) is 1.30. The molecule has 142 valence electrons. The lowest BCUT2D eigenvalue weighted by Crippen LogP contribution is -2.42. The van der Waals surface area contributed by atoms with Crippen LogP contribution in [0.2, 0.25) is 0 Å². The fourth-order valence-electron chi connectivity index (χ4n) is 3.28. The van der Waals surface area contributed by atoms with Crippen LogP contribution in [0.3, 0.4) is 0 Å². The summed E-state index contributed by atoms with van der Waals surface area (Å²) in [6.07, 6.45) is 1.12. The van der Waals surface area contributed by atoms with Crippen molar-refractivity contribution in [1.29, 1.82) is 0 Å². The van der Waals surface area contributed by atoms with Crippen molar-refractivity contribution in [2.75, 3.05) is 20.2 Å². The maximum atomic E-state index is 13.1. The average Bonchev–Trinajstić information content (AvgIpc) is 3.21. The zero-order chi connectivity index (χ0) is 18.8. The Morgan fingerprint density at radius 2 is 2.12 bits per heavy atom. The van der Waals surface area contributed by atoms with Gasteiger partial charge in [-0.15, -0.1) is 10.2 Å². The Labute approximate surface area is 152 Å². The summed E-state index contributed by atoms with van der Waals surface area (Å²) >= 11 is 0. The van der Waals surface area contributed by atoms with Crippen molar-refractivity contribution in [2.45, 2.75) is 52.2 Å². The second-order valence-corrected chi connectivity index (χ2v) is 7.14. The van der Waals surface area contributed by atoms with E-state index >= 15 is 0 Å². The van der Waals surface area contributed by atoms with E-state index in [0.717, 1.165) is 0 Å². The van der Waals surface area contributed by atoms with Crippen molar-refractivity contribution in [3.63, 3.8) is 0 Å². The second kappa shape index (κ2) is 7.53. The number of aryl methyl sites for hydroxylation is 1. The van der Waals surface area contributed by atoms with Crippen LogP contribution >= 0.6 is 0 Å². The Hall–Kier alpha value is -2.29. The molecule has 3 heterocycles. The molecule has 2 aliphatic rings. The Morgan fingerprint density at radius 3 is 2.73 bits per heavy atom. The Kier molecular flexibility index (Phi) is 5.36. The molecule has 9 nitrogen and oxygen atoms in total. The molecule has 1 fully saturated rings. The van der Waals surface area contributed by atoms with E-state index in [0.29, 0.717) is 49.8 Å². The quantitative estimate of drug-likeness (QED) is 0.781. The Bertz CT molecular complexity index is 714. The standard InChI is InChI=1S/C17H25N5O4/c1-10(2)8-22-15(23)6-5-13(20-22)17(24)21-9-12(25-4)7-14(21)16-19-18-11(3)26-16/h10,12,14H,5-9H2,1-4H3/t12-,14+/m0/s1. The number of likely N-dealkylation sites (tertiary alicyclic amines) is 1. The molecule has 1 aromatic heterocycles. The molecule has 0 spiro atoms. The van der Waals surface area contributed by atoms with Crippen LogP contribution in [0.15, 0.2) is 9.52 Å². The molecule has 0 radical (unpaired) electrons. The van der Waals surface area contributed by atoms with E-state index in [4.69, 9.17) is 9.15 Å². The summed E-state index contributed by atoms with van der Waals surface area (Å²) in [6, 6.07) is -0.340. The number of nitrogens with zero attached hydrogens (tertiary/aromatic N) is 5.